The van der Waals surface area contributed by atoms with Crippen molar-refractivity contribution in [2.45, 2.75) is 118 Å². The third kappa shape index (κ3) is 12.9. The molecule has 0 aliphatic carbocycles. The van der Waals surface area contributed by atoms with Crippen LogP contribution >= 0.6 is 0 Å². The fourth-order valence-corrected chi connectivity index (χ4v) is 4.53. The van der Waals surface area contributed by atoms with E-state index in [0.717, 1.165) is 5.56 Å². The highest BCUT2D eigenvalue weighted by atomic mass is 28.4. The van der Waals surface area contributed by atoms with E-state index >= 15 is 0 Å². The van der Waals surface area contributed by atoms with Crippen molar-refractivity contribution in [3.63, 3.8) is 0 Å². The van der Waals surface area contributed by atoms with Crippen molar-refractivity contribution in [3.05, 3.63) is 35.9 Å². The molecule has 8 heteroatoms. The second-order valence-corrected chi connectivity index (χ2v) is 18.0. The number of carbonyl (C=O) groups is 2. The van der Waals surface area contributed by atoms with Crippen molar-refractivity contribution in [3.8, 4) is 0 Å². The van der Waals surface area contributed by atoms with Crippen LogP contribution in [0.2, 0.25) is 18.1 Å². The number of esters is 1. The van der Waals surface area contributed by atoms with E-state index in [1.165, 1.54) is 0 Å². The van der Waals surface area contributed by atoms with Crippen LogP contribution in [0.3, 0.4) is 0 Å². The van der Waals surface area contributed by atoms with Gasteiger partial charge in [0.05, 0.1) is 37.4 Å². The van der Waals surface area contributed by atoms with Crippen LogP contribution in [0, 0.1) is 5.41 Å². The summed E-state index contributed by atoms with van der Waals surface area (Å²) in [5.41, 5.74) is -0.131. The average Bonchev–Trinajstić information content (AvgIpc) is 2.73. The molecule has 0 heterocycles. The highest BCUT2D eigenvalue weighted by Gasteiger charge is 2.41. The first-order chi connectivity index (χ1) is 16.8. The Kier molecular flexibility index (Phi) is 12.3. The summed E-state index contributed by atoms with van der Waals surface area (Å²) >= 11 is 0. The quantitative estimate of drug-likeness (QED) is 0.178. The Morgan fingerprint density at radius 3 is 2.05 bits per heavy atom. The smallest absolute Gasteiger partial charge is 0.408 e. The van der Waals surface area contributed by atoms with Gasteiger partial charge in [-0.15, -0.1) is 0 Å². The molecule has 0 aliphatic heterocycles. The minimum atomic E-state index is -2.20. The first-order valence-corrected chi connectivity index (χ1v) is 16.2. The first-order valence-electron chi connectivity index (χ1n) is 13.3. The molecule has 7 nitrogen and oxygen atoms in total. The number of alkyl carbamates (subject to hydrolysis) is 1. The summed E-state index contributed by atoms with van der Waals surface area (Å²) < 4.78 is 23.9. The zero-order valence-corrected chi connectivity index (χ0v) is 26.0. The van der Waals surface area contributed by atoms with Gasteiger partial charge in [-0.25, -0.2) is 4.79 Å². The predicted octanol–water partition coefficient (Wildman–Crippen LogP) is 6.86. The van der Waals surface area contributed by atoms with Crippen molar-refractivity contribution < 1.29 is 28.2 Å². The van der Waals surface area contributed by atoms with E-state index in [1.54, 1.807) is 0 Å². The van der Waals surface area contributed by atoms with Crippen LogP contribution in [-0.4, -0.2) is 51.3 Å². The molecule has 0 unspecified atom stereocenters. The fourth-order valence-electron chi connectivity index (χ4n) is 3.14. The number of amides is 1. The van der Waals surface area contributed by atoms with Gasteiger partial charge in [-0.1, -0.05) is 51.1 Å². The van der Waals surface area contributed by atoms with Gasteiger partial charge < -0.3 is 24.0 Å². The maximum atomic E-state index is 12.8. The van der Waals surface area contributed by atoms with E-state index in [1.807, 2.05) is 71.9 Å². The minimum absolute atomic E-state index is 0.0225. The number of hydrogen-bond acceptors (Lipinski definition) is 6. The zero-order valence-electron chi connectivity index (χ0n) is 25.0. The average molecular weight is 538 g/mol. The Labute approximate surface area is 226 Å². The predicted molar refractivity (Wildman–Crippen MR) is 151 cm³/mol. The van der Waals surface area contributed by atoms with Crippen molar-refractivity contribution in [1.82, 2.24) is 5.32 Å². The number of ether oxygens (including phenoxy) is 3. The molecular formula is C29H51NO6Si. The van der Waals surface area contributed by atoms with E-state index in [-0.39, 0.29) is 30.3 Å². The Balaban J connectivity index is 3.08. The van der Waals surface area contributed by atoms with Gasteiger partial charge in [-0.05, 0) is 78.1 Å². The largest absolute Gasteiger partial charge is 0.465 e. The molecular weight excluding hydrogens is 486 g/mol. The van der Waals surface area contributed by atoms with Crippen LogP contribution in [0.5, 0.6) is 0 Å². The number of hydrogen-bond donors (Lipinski definition) is 1. The first kappa shape index (κ1) is 33.1. The molecule has 0 bridgehead atoms. The molecule has 0 fully saturated rings. The summed E-state index contributed by atoms with van der Waals surface area (Å²) in [7, 11) is -2.20. The van der Waals surface area contributed by atoms with Gasteiger partial charge in [-0.3, -0.25) is 4.79 Å². The van der Waals surface area contributed by atoms with E-state index in [4.69, 9.17) is 18.6 Å². The lowest BCUT2D eigenvalue weighted by Gasteiger charge is -2.41. The van der Waals surface area contributed by atoms with Crippen LogP contribution in [0.4, 0.5) is 4.79 Å². The summed E-state index contributed by atoms with van der Waals surface area (Å²) in [6.45, 7) is 22.9. The second-order valence-electron chi connectivity index (χ2n) is 13.2. The number of rotatable bonds is 12. The molecule has 1 amide bonds. The van der Waals surface area contributed by atoms with Gasteiger partial charge >= 0.3 is 12.1 Å². The van der Waals surface area contributed by atoms with Crippen LogP contribution in [-0.2, 0) is 30.0 Å². The molecule has 0 radical (unpaired) electrons. The summed E-state index contributed by atoms with van der Waals surface area (Å²) in [5.74, 6) is -0.232. The van der Waals surface area contributed by atoms with Crippen molar-refractivity contribution >= 4 is 20.4 Å². The van der Waals surface area contributed by atoms with E-state index in [2.05, 4.69) is 39.2 Å². The van der Waals surface area contributed by atoms with Crippen LogP contribution in [0.25, 0.3) is 0 Å². The Hall–Kier alpha value is -1.90. The molecule has 37 heavy (non-hydrogen) atoms. The SMILES string of the molecule is CC(C)(C)OC(=O)N[C@H](COCc1ccccc1)[C@H](CCCOC(=O)C(C)(C)C)O[Si](C)(C)C(C)(C)C. The molecule has 2 atom stereocenters. The summed E-state index contributed by atoms with van der Waals surface area (Å²) in [6.07, 6.45) is 0.354. The van der Waals surface area contributed by atoms with Gasteiger partial charge in [0.25, 0.3) is 0 Å². The van der Waals surface area contributed by atoms with Crippen molar-refractivity contribution in [2.24, 2.45) is 5.41 Å². The van der Waals surface area contributed by atoms with Gasteiger partial charge in [0.15, 0.2) is 8.32 Å². The Morgan fingerprint density at radius 1 is 0.946 bits per heavy atom. The van der Waals surface area contributed by atoms with Crippen LogP contribution in [0.1, 0.15) is 80.7 Å². The summed E-state index contributed by atoms with van der Waals surface area (Å²) in [6, 6.07) is 9.47. The second kappa shape index (κ2) is 13.8. The zero-order chi connectivity index (χ0) is 28.5. The van der Waals surface area contributed by atoms with Crippen molar-refractivity contribution in [1.29, 1.82) is 0 Å². The van der Waals surface area contributed by atoms with E-state index in [9.17, 15) is 9.59 Å². The molecule has 1 rings (SSSR count). The number of carbonyl (C=O) groups excluding carboxylic acids is 2. The molecule has 0 spiro atoms. The van der Waals surface area contributed by atoms with Crippen molar-refractivity contribution in [2.75, 3.05) is 13.2 Å². The maximum absolute atomic E-state index is 12.8. The normalized spacial score (nSPS) is 14.6. The lowest BCUT2D eigenvalue weighted by atomic mass is 9.97. The maximum Gasteiger partial charge on any atom is 0.408 e. The monoisotopic (exact) mass is 537 g/mol. The highest BCUT2D eigenvalue weighted by Crippen LogP contribution is 2.38. The molecule has 0 saturated heterocycles. The van der Waals surface area contributed by atoms with E-state index in [0.29, 0.717) is 19.4 Å². The fraction of sp³-hybridized carbons (Fsp3) is 0.724. The highest BCUT2D eigenvalue weighted by molar-refractivity contribution is 6.74. The minimum Gasteiger partial charge on any atom is -0.465 e. The topological polar surface area (TPSA) is 83.1 Å². The molecule has 1 aromatic carbocycles. The molecule has 0 aliphatic rings. The molecule has 1 aromatic rings. The number of benzene rings is 1. The van der Waals surface area contributed by atoms with E-state index < -0.39 is 31.5 Å². The Bertz CT molecular complexity index is 837. The van der Waals surface area contributed by atoms with Gasteiger partial charge in [-0.2, -0.15) is 0 Å². The molecule has 0 aromatic heterocycles. The number of nitrogens with one attached hydrogen (secondary N) is 1. The van der Waals surface area contributed by atoms with Gasteiger partial charge in [0.1, 0.15) is 5.60 Å². The molecule has 1 N–H and O–H groups in total. The lowest BCUT2D eigenvalue weighted by molar-refractivity contribution is -0.153. The van der Waals surface area contributed by atoms with Gasteiger partial charge in [0.2, 0.25) is 0 Å². The lowest BCUT2D eigenvalue weighted by Crippen LogP contribution is -2.54. The third-order valence-electron chi connectivity index (χ3n) is 6.29. The summed E-state index contributed by atoms with van der Waals surface area (Å²) in [5, 5.41) is 2.99. The molecule has 212 valence electrons. The van der Waals surface area contributed by atoms with Gasteiger partial charge in [0, 0.05) is 0 Å². The standard InChI is InChI=1S/C29H51NO6Si/c1-27(2,3)25(31)34-19-15-18-24(36-37(10,11)29(7,8)9)23(30-26(32)35-28(4,5)6)21-33-20-22-16-13-12-14-17-22/h12-14,16-17,23-24H,15,18-21H2,1-11H3,(H,30,32)/t23-,24+/m1/s1. The van der Waals surface area contributed by atoms with Crippen LogP contribution < -0.4 is 5.32 Å². The Morgan fingerprint density at radius 2 is 1.54 bits per heavy atom. The third-order valence-corrected chi connectivity index (χ3v) is 10.8. The molecule has 0 saturated carbocycles. The van der Waals surface area contributed by atoms with Crippen LogP contribution in [0.15, 0.2) is 30.3 Å². The summed E-state index contributed by atoms with van der Waals surface area (Å²) in [4.78, 5) is 25.0.